The van der Waals surface area contributed by atoms with E-state index < -0.39 is 0 Å². The Kier molecular flexibility index (Phi) is 4.64. The summed E-state index contributed by atoms with van der Waals surface area (Å²) in [6.45, 7) is 5.68. The zero-order valence-corrected chi connectivity index (χ0v) is 14.5. The van der Waals surface area contributed by atoms with E-state index in [9.17, 15) is 10.1 Å². The summed E-state index contributed by atoms with van der Waals surface area (Å²) in [6.07, 6.45) is 4.12. The topological polar surface area (TPSA) is 66.9 Å². The largest absolute Gasteiger partial charge is 0.307 e. The first-order valence-electron chi connectivity index (χ1n) is 8.78. The molecule has 0 aliphatic carbocycles. The second kappa shape index (κ2) is 7.23. The van der Waals surface area contributed by atoms with Crippen molar-refractivity contribution in [2.75, 3.05) is 26.2 Å². The van der Waals surface area contributed by atoms with Crippen molar-refractivity contribution in [3.63, 3.8) is 0 Å². The van der Waals surface area contributed by atoms with Crippen LogP contribution in [0.3, 0.4) is 0 Å². The fourth-order valence-electron chi connectivity index (χ4n) is 3.38. The van der Waals surface area contributed by atoms with E-state index >= 15 is 0 Å². The monoisotopic (exact) mass is 351 g/mol. The third-order valence-corrected chi connectivity index (χ3v) is 4.82. The van der Waals surface area contributed by atoms with E-state index in [-0.39, 0.29) is 10.6 Å². The molecule has 7 heteroatoms. The second-order valence-corrected chi connectivity index (χ2v) is 6.67. The molecule has 4 rings (SSSR count). The number of fused-ring (bicyclic) bond motifs is 1. The molecule has 0 N–H and O–H groups in total. The number of imidazole rings is 1. The van der Waals surface area contributed by atoms with Gasteiger partial charge in [-0.1, -0.05) is 18.2 Å². The minimum Gasteiger partial charge on any atom is -0.307 e. The van der Waals surface area contributed by atoms with Crippen molar-refractivity contribution < 1.29 is 4.92 Å². The number of hydrogen-bond acceptors (Lipinski definition) is 5. The highest BCUT2D eigenvalue weighted by atomic mass is 16.6. The lowest BCUT2D eigenvalue weighted by Gasteiger charge is -2.34. The van der Waals surface area contributed by atoms with Crippen LogP contribution >= 0.6 is 0 Å². The molecule has 7 nitrogen and oxygen atoms in total. The summed E-state index contributed by atoms with van der Waals surface area (Å²) in [5, 5.41) is 10.7. The zero-order valence-electron chi connectivity index (χ0n) is 14.5. The Morgan fingerprint density at radius 3 is 2.31 bits per heavy atom. The Morgan fingerprint density at radius 1 is 0.962 bits per heavy atom. The molecule has 0 spiro atoms. The van der Waals surface area contributed by atoms with Gasteiger partial charge in [-0.05, 0) is 17.7 Å². The third-order valence-electron chi connectivity index (χ3n) is 4.82. The molecule has 0 saturated carbocycles. The van der Waals surface area contributed by atoms with Gasteiger partial charge in [0.25, 0.3) is 5.69 Å². The van der Waals surface area contributed by atoms with Gasteiger partial charge in [0, 0.05) is 63.8 Å². The average molecular weight is 351 g/mol. The molecule has 0 bridgehead atoms. The molecule has 0 atom stereocenters. The van der Waals surface area contributed by atoms with Crippen LogP contribution in [-0.2, 0) is 13.1 Å². The van der Waals surface area contributed by atoms with E-state index in [1.54, 1.807) is 12.1 Å². The molecular weight excluding hydrogens is 330 g/mol. The van der Waals surface area contributed by atoms with Gasteiger partial charge in [-0.25, -0.2) is 4.98 Å². The van der Waals surface area contributed by atoms with Crippen LogP contribution in [0.15, 0.2) is 54.9 Å². The van der Waals surface area contributed by atoms with Crippen LogP contribution in [0.25, 0.3) is 5.65 Å². The van der Waals surface area contributed by atoms with Gasteiger partial charge in [-0.3, -0.25) is 19.9 Å². The Labute approximate surface area is 151 Å². The summed E-state index contributed by atoms with van der Waals surface area (Å²) in [4.78, 5) is 19.9. The van der Waals surface area contributed by atoms with Gasteiger partial charge in [0.15, 0.2) is 0 Å². The van der Waals surface area contributed by atoms with Gasteiger partial charge in [0.2, 0.25) is 0 Å². The molecule has 26 heavy (non-hydrogen) atoms. The van der Waals surface area contributed by atoms with Crippen LogP contribution in [0.2, 0.25) is 0 Å². The lowest BCUT2D eigenvalue weighted by Crippen LogP contribution is -2.45. The van der Waals surface area contributed by atoms with Gasteiger partial charge >= 0.3 is 0 Å². The third kappa shape index (κ3) is 3.74. The van der Waals surface area contributed by atoms with E-state index in [4.69, 9.17) is 0 Å². The molecular formula is C19H21N5O2. The van der Waals surface area contributed by atoms with Crippen LogP contribution in [0.4, 0.5) is 5.69 Å². The van der Waals surface area contributed by atoms with Crippen molar-refractivity contribution in [3.05, 3.63) is 76.2 Å². The predicted molar refractivity (Wildman–Crippen MR) is 98.8 cm³/mol. The van der Waals surface area contributed by atoms with Gasteiger partial charge in [-0.15, -0.1) is 0 Å². The average Bonchev–Trinajstić information content (AvgIpc) is 3.06. The number of nitro benzene ring substituents is 1. The Balaban J connectivity index is 1.30. The standard InChI is InChI=1S/C19H21N5O2/c25-24(26)18-6-4-16(5-7-18)13-21-9-11-22(12-10-21)14-17-15-23-8-2-1-3-19(23)20-17/h1-8,15H,9-14H2. The summed E-state index contributed by atoms with van der Waals surface area (Å²) in [7, 11) is 0. The molecule has 1 aliphatic rings. The number of non-ortho nitro benzene ring substituents is 1. The SMILES string of the molecule is O=[N+]([O-])c1ccc(CN2CCN(Cc3cn4ccccc4n3)CC2)cc1. The number of aromatic nitrogens is 2. The molecule has 2 aromatic heterocycles. The van der Waals surface area contributed by atoms with Crippen molar-refractivity contribution in [2.24, 2.45) is 0 Å². The molecule has 0 unspecified atom stereocenters. The van der Waals surface area contributed by atoms with E-state index in [0.29, 0.717) is 0 Å². The maximum atomic E-state index is 10.7. The first kappa shape index (κ1) is 16.7. The number of nitrogens with zero attached hydrogens (tertiary/aromatic N) is 5. The number of hydrogen-bond donors (Lipinski definition) is 0. The summed E-state index contributed by atoms with van der Waals surface area (Å²) in [6, 6.07) is 12.9. The van der Waals surface area contributed by atoms with Gasteiger partial charge in [0.05, 0.1) is 10.6 Å². The number of rotatable bonds is 5. The molecule has 1 fully saturated rings. The van der Waals surface area contributed by atoms with Crippen LogP contribution in [-0.4, -0.2) is 50.3 Å². The van der Waals surface area contributed by atoms with Crippen molar-refractivity contribution >= 4 is 11.3 Å². The zero-order chi connectivity index (χ0) is 17.9. The summed E-state index contributed by atoms with van der Waals surface area (Å²) in [5.74, 6) is 0. The van der Waals surface area contributed by atoms with Crippen molar-refractivity contribution in [2.45, 2.75) is 13.1 Å². The number of pyridine rings is 1. The van der Waals surface area contributed by atoms with Gasteiger partial charge in [-0.2, -0.15) is 0 Å². The maximum absolute atomic E-state index is 10.7. The second-order valence-electron chi connectivity index (χ2n) is 6.67. The van der Waals surface area contributed by atoms with Crippen LogP contribution in [0, 0.1) is 10.1 Å². The van der Waals surface area contributed by atoms with E-state index in [0.717, 1.165) is 56.2 Å². The molecule has 1 saturated heterocycles. The normalized spacial score (nSPS) is 16.2. The van der Waals surface area contributed by atoms with Gasteiger partial charge in [0.1, 0.15) is 5.65 Å². The molecule has 3 heterocycles. The van der Waals surface area contributed by atoms with E-state index in [1.165, 1.54) is 0 Å². The molecule has 3 aromatic rings. The molecule has 0 amide bonds. The van der Waals surface area contributed by atoms with Crippen molar-refractivity contribution in [3.8, 4) is 0 Å². The minimum absolute atomic E-state index is 0.144. The molecule has 134 valence electrons. The van der Waals surface area contributed by atoms with Gasteiger partial charge < -0.3 is 4.40 Å². The quantitative estimate of drug-likeness (QED) is 0.522. The molecule has 0 radical (unpaired) electrons. The smallest absolute Gasteiger partial charge is 0.269 e. The van der Waals surface area contributed by atoms with Crippen LogP contribution in [0.1, 0.15) is 11.3 Å². The lowest BCUT2D eigenvalue weighted by molar-refractivity contribution is -0.384. The van der Waals surface area contributed by atoms with E-state index in [2.05, 4.69) is 25.4 Å². The Hall–Kier alpha value is -2.77. The number of nitro groups is 1. The minimum atomic E-state index is -0.359. The maximum Gasteiger partial charge on any atom is 0.269 e. The number of piperazine rings is 1. The highest BCUT2D eigenvalue weighted by Gasteiger charge is 2.18. The fraction of sp³-hybridized carbons (Fsp3) is 0.316. The Morgan fingerprint density at radius 2 is 1.65 bits per heavy atom. The molecule has 1 aliphatic heterocycles. The highest BCUT2D eigenvalue weighted by molar-refractivity contribution is 5.39. The van der Waals surface area contributed by atoms with Crippen molar-refractivity contribution in [1.82, 2.24) is 19.2 Å². The highest BCUT2D eigenvalue weighted by Crippen LogP contribution is 2.15. The predicted octanol–water partition coefficient (Wildman–Crippen LogP) is 2.56. The first-order chi connectivity index (χ1) is 12.7. The van der Waals surface area contributed by atoms with E-state index in [1.807, 2.05) is 36.5 Å². The van der Waals surface area contributed by atoms with Crippen LogP contribution < -0.4 is 0 Å². The summed E-state index contributed by atoms with van der Waals surface area (Å²) >= 11 is 0. The first-order valence-corrected chi connectivity index (χ1v) is 8.78. The van der Waals surface area contributed by atoms with Crippen LogP contribution in [0.5, 0.6) is 0 Å². The Bertz CT molecular complexity index is 865. The number of benzene rings is 1. The summed E-state index contributed by atoms with van der Waals surface area (Å²) < 4.78 is 2.06. The lowest BCUT2D eigenvalue weighted by atomic mass is 10.2. The molecule has 1 aromatic carbocycles. The fourth-order valence-corrected chi connectivity index (χ4v) is 3.38. The summed E-state index contributed by atoms with van der Waals surface area (Å²) in [5.41, 5.74) is 3.34. The van der Waals surface area contributed by atoms with Crippen molar-refractivity contribution in [1.29, 1.82) is 0 Å².